The van der Waals surface area contributed by atoms with Crippen molar-refractivity contribution in [2.75, 3.05) is 0 Å². The van der Waals surface area contributed by atoms with E-state index in [1.807, 2.05) is 18.2 Å². The van der Waals surface area contributed by atoms with Crippen LogP contribution in [-0.2, 0) is 6.42 Å². The number of hydrogen-bond donors (Lipinski definition) is 0. The summed E-state index contributed by atoms with van der Waals surface area (Å²) in [5, 5.41) is 0. The number of aryl methyl sites for hydroxylation is 2. The van der Waals surface area contributed by atoms with Gasteiger partial charge in [0.15, 0.2) is 0 Å². The Bertz CT molecular complexity index is 407. The summed E-state index contributed by atoms with van der Waals surface area (Å²) in [6, 6.07) is 20.8. The van der Waals surface area contributed by atoms with Gasteiger partial charge in [0.25, 0.3) is 0 Å². The maximum atomic E-state index is 2.20. The fourth-order valence-electron chi connectivity index (χ4n) is 1.47. The summed E-state index contributed by atoms with van der Waals surface area (Å²) in [7, 11) is 0. The largest absolute Gasteiger partial charge is 0.358 e. The van der Waals surface area contributed by atoms with E-state index in [0.717, 1.165) is 0 Å². The van der Waals surface area contributed by atoms with Gasteiger partial charge in [-0.25, -0.2) is 0 Å². The van der Waals surface area contributed by atoms with Crippen LogP contribution in [0.4, 0.5) is 0 Å². The molecule has 0 heterocycles. The van der Waals surface area contributed by atoms with Crippen molar-refractivity contribution < 1.29 is 35.6 Å². The Kier molecular flexibility index (Phi) is 45.4. The molecule has 0 aliphatic carbocycles. The maximum Gasteiger partial charge on any atom is 0 e. The zero-order chi connectivity index (χ0) is 17.8. The van der Waals surface area contributed by atoms with Crippen molar-refractivity contribution in [3.63, 3.8) is 0 Å². The first kappa shape index (κ1) is 36.5. The Morgan fingerprint density at radius 1 is 0.577 bits per heavy atom. The van der Waals surface area contributed by atoms with Crippen molar-refractivity contribution in [3.05, 3.63) is 86.6 Å². The molecule has 2 rings (SSSR count). The van der Waals surface area contributed by atoms with Crippen molar-refractivity contribution in [2.45, 2.75) is 73.6 Å². The summed E-state index contributed by atoms with van der Waals surface area (Å²) in [5.74, 6) is 0. The molecule has 0 aliphatic rings. The fourth-order valence-corrected chi connectivity index (χ4v) is 1.47. The smallest absolute Gasteiger partial charge is 0 e. The van der Waals surface area contributed by atoms with Crippen LogP contribution in [0.3, 0.4) is 0 Å². The molecule has 0 fully saturated rings. The first-order chi connectivity index (χ1) is 11.2. The minimum Gasteiger partial charge on any atom is -0.358 e. The van der Waals surface area contributed by atoms with E-state index in [4.69, 9.17) is 0 Å². The summed E-state index contributed by atoms with van der Waals surface area (Å²) in [6.45, 7) is 12.9. The Morgan fingerprint density at radius 3 is 1.15 bits per heavy atom. The first-order valence-electron chi connectivity index (χ1n) is 9.21. The van der Waals surface area contributed by atoms with Crippen molar-refractivity contribution in [1.29, 1.82) is 0 Å². The summed E-state index contributed by atoms with van der Waals surface area (Å²) in [5.41, 5.74) is 2.77. The van der Waals surface area contributed by atoms with Crippen LogP contribution >= 0.6 is 0 Å². The van der Waals surface area contributed by atoms with Crippen LogP contribution < -0.4 is 0 Å². The molecule has 0 atom stereocenters. The summed E-state index contributed by atoms with van der Waals surface area (Å²) in [4.78, 5) is 0. The van der Waals surface area contributed by atoms with E-state index in [9.17, 15) is 0 Å². The molecule has 1 radical (unpaired) electrons. The Hall–Kier alpha value is -0.365. The molecule has 0 saturated heterocycles. The molecule has 0 N–H and O–H groups in total. The second-order valence-electron chi connectivity index (χ2n) is 5.60. The second-order valence-corrected chi connectivity index (χ2v) is 5.60. The predicted molar refractivity (Wildman–Crippen MR) is 121 cm³/mol. The zero-order valence-electron chi connectivity index (χ0n) is 18.9. The van der Waals surface area contributed by atoms with Crippen LogP contribution in [0.15, 0.2) is 60.7 Å². The zero-order valence-corrected chi connectivity index (χ0v) is 22.5. The third-order valence-electron chi connectivity index (χ3n) is 2.82. The van der Waals surface area contributed by atoms with Crippen LogP contribution in [0.5, 0.6) is 0 Å². The standard InChI is InChI=1S/C9H12.C7H8.C4H10.C3H8.2CH3.La/c1-2-6-9-7-4-3-5-8-9;1-7-5-3-2-4-6-7;1-3-4-2;1-3-2;;;/h3-5,7-8H,2,6H2,1H3;2-6H,1H3;3-4H2,1-2H3;3H2,1-2H3;2*1H3;/q;;;;2*-1;. The van der Waals surface area contributed by atoms with Crippen LogP contribution in [0, 0.1) is 57.4 Å². The Morgan fingerprint density at radius 2 is 0.923 bits per heavy atom. The van der Waals surface area contributed by atoms with Gasteiger partial charge in [0, 0.05) is 35.6 Å². The maximum absolute atomic E-state index is 2.20. The number of hydrogen-bond acceptors (Lipinski definition) is 0. The van der Waals surface area contributed by atoms with Crippen molar-refractivity contribution in [2.24, 2.45) is 0 Å². The molecule has 0 unspecified atom stereocenters. The molecule has 149 valence electrons. The van der Waals surface area contributed by atoms with Crippen molar-refractivity contribution in [3.8, 4) is 0 Å². The minimum absolute atomic E-state index is 0. The topological polar surface area (TPSA) is 0 Å². The summed E-state index contributed by atoms with van der Waals surface area (Å²) in [6.07, 6.45) is 6.34. The predicted octanol–water partition coefficient (Wildman–Crippen LogP) is 8.76. The normalized spacial score (nSPS) is 7.46. The van der Waals surface area contributed by atoms with E-state index in [-0.39, 0.29) is 50.5 Å². The fraction of sp³-hybridized carbons (Fsp3) is 0.440. The van der Waals surface area contributed by atoms with E-state index < -0.39 is 0 Å². The molecule has 0 amide bonds. The molecular formula is C25H44La-2. The Balaban J connectivity index is -0.0000000785. The summed E-state index contributed by atoms with van der Waals surface area (Å²) < 4.78 is 0. The quantitative estimate of drug-likeness (QED) is 0.383. The van der Waals surface area contributed by atoms with Gasteiger partial charge in [-0.15, -0.1) is 0 Å². The SMILES string of the molecule is CCC.CCCC.CCCc1ccccc1.Cc1ccccc1.[CH3-].[CH3-].[La]. The number of unbranched alkanes of at least 4 members (excludes halogenated alkanes) is 1. The third-order valence-corrected chi connectivity index (χ3v) is 2.82. The molecule has 0 spiro atoms. The second kappa shape index (κ2) is 32.3. The minimum atomic E-state index is 0. The average Bonchev–Trinajstić information content (AvgIpc) is 2.58. The monoisotopic (exact) mass is 483 g/mol. The molecule has 0 bridgehead atoms. The van der Waals surface area contributed by atoms with Crippen molar-refractivity contribution >= 4 is 0 Å². The van der Waals surface area contributed by atoms with Gasteiger partial charge < -0.3 is 14.9 Å². The van der Waals surface area contributed by atoms with E-state index in [1.165, 1.54) is 43.2 Å². The Labute approximate surface area is 194 Å². The van der Waals surface area contributed by atoms with Crippen LogP contribution in [-0.4, -0.2) is 0 Å². The molecule has 26 heavy (non-hydrogen) atoms. The van der Waals surface area contributed by atoms with Crippen LogP contribution in [0.25, 0.3) is 0 Å². The molecule has 0 aliphatic heterocycles. The average molecular weight is 484 g/mol. The molecule has 2 aromatic carbocycles. The van der Waals surface area contributed by atoms with E-state index in [2.05, 4.69) is 84.0 Å². The van der Waals surface area contributed by atoms with Gasteiger partial charge in [0.1, 0.15) is 0 Å². The van der Waals surface area contributed by atoms with Crippen LogP contribution in [0.1, 0.15) is 71.4 Å². The summed E-state index contributed by atoms with van der Waals surface area (Å²) >= 11 is 0. The van der Waals surface area contributed by atoms with Crippen molar-refractivity contribution in [1.82, 2.24) is 0 Å². The van der Waals surface area contributed by atoms with Gasteiger partial charge in [0.05, 0.1) is 0 Å². The van der Waals surface area contributed by atoms with Gasteiger partial charge in [-0.2, -0.15) is 0 Å². The molecule has 0 aromatic heterocycles. The van der Waals surface area contributed by atoms with Gasteiger partial charge in [-0.05, 0) is 18.9 Å². The van der Waals surface area contributed by atoms with E-state index >= 15 is 0 Å². The molecule has 0 saturated carbocycles. The molecular weight excluding hydrogens is 439 g/mol. The van der Waals surface area contributed by atoms with Crippen LogP contribution in [0.2, 0.25) is 0 Å². The van der Waals surface area contributed by atoms with E-state index in [0.29, 0.717) is 0 Å². The molecule has 1 heteroatoms. The van der Waals surface area contributed by atoms with Gasteiger partial charge >= 0.3 is 0 Å². The van der Waals surface area contributed by atoms with Gasteiger partial charge in [-0.1, -0.05) is 127 Å². The van der Waals surface area contributed by atoms with Gasteiger partial charge in [0.2, 0.25) is 0 Å². The van der Waals surface area contributed by atoms with Gasteiger partial charge in [-0.3, -0.25) is 0 Å². The molecule has 2 aromatic rings. The molecule has 0 nitrogen and oxygen atoms in total. The third kappa shape index (κ3) is 31.4. The van der Waals surface area contributed by atoms with E-state index in [1.54, 1.807) is 0 Å². The first-order valence-corrected chi connectivity index (χ1v) is 9.21. The number of rotatable bonds is 3. The number of benzene rings is 2.